The Kier molecular flexibility index (Phi) is 5.54. The third kappa shape index (κ3) is 3.61. The van der Waals surface area contributed by atoms with Crippen molar-refractivity contribution in [3.63, 3.8) is 0 Å². The van der Waals surface area contributed by atoms with Gasteiger partial charge in [0.25, 0.3) is 0 Å². The summed E-state index contributed by atoms with van der Waals surface area (Å²) in [5, 5.41) is 3.81. The maximum absolute atomic E-state index is 3.81. The van der Waals surface area contributed by atoms with Gasteiger partial charge in [-0.1, -0.05) is 39.5 Å². The minimum Gasteiger partial charge on any atom is -0.311 e. The van der Waals surface area contributed by atoms with E-state index in [1.54, 1.807) is 0 Å². The van der Waals surface area contributed by atoms with Crippen LogP contribution in [0.25, 0.3) is 0 Å². The Balaban J connectivity index is 2.34. The summed E-state index contributed by atoms with van der Waals surface area (Å²) >= 11 is 0. The van der Waals surface area contributed by atoms with E-state index in [0.717, 1.165) is 18.0 Å². The standard InChI is InChI=1S/C13H27N/c1-4-6-9-13-10-7-8-12(5-2)11(3)14-13/h11-14H,4-10H2,1-3H3. The van der Waals surface area contributed by atoms with E-state index in [4.69, 9.17) is 0 Å². The summed E-state index contributed by atoms with van der Waals surface area (Å²) in [5.74, 6) is 0.918. The smallest absolute Gasteiger partial charge is 0.00696 e. The van der Waals surface area contributed by atoms with Gasteiger partial charge in [0.15, 0.2) is 0 Å². The Bertz CT molecular complexity index is 144. The molecule has 1 saturated heterocycles. The molecule has 0 saturated carbocycles. The Morgan fingerprint density at radius 3 is 2.64 bits per heavy atom. The van der Waals surface area contributed by atoms with E-state index in [1.807, 2.05) is 0 Å². The van der Waals surface area contributed by atoms with E-state index in [1.165, 1.54) is 44.9 Å². The second-order valence-electron chi connectivity index (χ2n) is 4.89. The lowest BCUT2D eigenvalue weighted by molar-refractivity contribution is 0.342. The fourth-order valence-corrected chi connectivity index (χ4v) is 2.70. The largest absolute Gasteiger partial charge is 0.311 e. The highest BCUT2D eigenvalue weighted by Gasteiger charge is 2.22. The van der Waals surface area contributed by atoms with Crippen LogP contribution >= 0.6 is 0 Å². The van der Waals surface area contributed by atoms with Crippen molar-refractivity contribution in [3.8, 4) is 0 Å². The van der Waals surface area contributed by atoms with Gasteiger partial charge in [0.2, 0.25) is 0 Å². The number of hydrogen-bond donors (Lipinski definition) is 1. The molecule has 0 aromatic carbocycles. The molecule has 0 aromatic heterocycles. The minimum absolute atomic E-state index is 0.740. The van der Waals surface area contributed by atoms with Crippen molar-refractivity contribution in [2.45, 2.75) is 77.8 Å². The second kappa shape index (κ2) is 6.44. The van der Waals surface area contributed by atoms with Gasteiger partial charge in [0.1, 0.15) is 0 Å². The summed E-state index contributed by atoms with van der Waals surface area (Å²) in [6.07, 6.45) is 9.73. The summed E-state index contributed by atoms with van der Waals surface area (Å²) in [6.45, 7) is 6.99. The van der Waals surface area contributed by atoms with Crippen molar-refractivity contribution in [3.05, 3.63) is 0 Å². The van der Waals surface area contributed by atoms with Crippen LogP contribution in [0.3, 0.4) is 0 Å². The van der Waals surface area contributed by atoms with Gasteiger partial charge in [-0.25, -0.2) is 0 Å². The molecule has 0 bridgehead atoms. The van der Waals surface area contributed by atoms with Crippen molar-refractivity contribution in [1.82, 2.24) is 5.32 Å². The maximum atomic E-state index is 3.81. The van der Waals surface area contributed by atoms with Crippen LogP contribution in [-0.2, 0) is 0 Å². The highest BCUT2D eigenvalue weighted by molar-refractivity contribution is 4.81. The van der Waals surface area contributed by atoms with Crippen molar-refractivity contribution in [2.24, 2.45) is 5.92 Å². The molecule has 0 radical (unpaired) electrons. The third-order valence-corrected chi connectivity index (χ3v) is 3.76. The van der Waals surface area contributed by atoms with E-state index in [-0.39, 0.29) is 0 Å². The third-order valence-electron chi connectivity index (χ3n) is 3.76. The zero-order chi connectivity index (χ0) is 10.4. The highest BCUT2D eigenvalue weighted by Crippen LogP contribution is 2.23. The SMILES string of the molecule is CCCCC1CCCC(CC)C(C)N1. The number of rotatable bonds is 4. The summed E-state index contributed by atoms with van der Waals surface area (Å²) < 4.78 is 0. The van der Waals surface area contributed by atoms with Gasteiger partial charge in [0, 0.05) is 12.1 Å². The molecule has 0 amide bonds. The van der Waals surface area contributed by atoms with E-state index < -0.39 is 0 Å². The monoisotopic (exact) mass is 197 g/mol. The molecule has 84 valence electrons. The Morgan fingerprint density at radius 1 is 1.21 bits per heavy atom. The molecule has 3 atom stereocenters. The quantitative estimate of drug-likeness (QED) is 0.724. The highest BCUT2D eigenvalue weighted by atomic mass is 15.0. The number of hydrogen-bond acceptors (Lipinski definition) is 1. The molecule has 3 unspecified atom stereocenters. The summed E-state index contributed by atoms with van der Waals surface area (Å²) in [6, 6.07) is 1.55. The van der Waals surface area contributed by atoms with Crippen molar-refractivity contribution in [2.75, 3.05) is 0 Å². The molecule has 1 heterocycles. The Morgan fingerprint density at radius 2 is 2.00 bits per heavy atom. The molecule has 0 aliphatic carbocycles. The fourth-order valence-electron chi connectivity index (χ4n) is 2.70. The summed E-state index contributed by atoms with van der Waals surface area (Å²) in [5.41, 5.74) is 0. The zero-order valence-corrected chi connectivity index (χ0v) is 10.2. The maximum Gasteiger partial charge on any atom is 0.00696 e. The Hall–Kier alpha value is -0.0400. The first-order chi connectivity index (χ1) is 6.77. The molecule has 1 aliphatic rings. The predicted molar refractivity (Wildman–Crippen MR) is 63.5 cm³/mol. The van der Waals surface area contributed by atoms with Gasteiger partial charge >= 0.3 is 0 Å². The van der Waals surface area contributed by atoms with Crippen LogP contribution in [-0.4, -0.2) is 12.1 Å². The van der Waals surface area contributed by atoms with Crippen LogP contribution in [0.5, 0.6) is 0 Å². The average Bonchev–Trinajstić information content (AvgIpc) is 2.36. The lowest BCUT2D eigenvalue weighted by atomic mass is 9.94. The van der Waals surface area contributed by atoms with E-state index in [9.17, 15) is 0 Å². The molecule has 1 heteroatoms. The molecular weight excluding hydrogens is 170 g/mol. The lowest BCUT2D eigenvalue weighted by Crippen LogP contribution is -2.38. The molecule has 1 rings (SSSR count). The van der Waals surface area contributed by atoms with Gasteiger partial charge in [0.05, 0.1) is 0 Å². The second-order valence-corrected chi connectivity index (χ2v) is 4.89. The van der Waals surface area contributed by atoms with Gasteiger partial charge in [-0.15, -0.1) is 0 Å². The summed E-state index contributed by atoms with van der Waals surface area (Å²) in [4.78, 5) is 0. The van der Waals surface area contributed by atoms with Crippen LogP contribution in [0.2, 0.25) is 0 Å². The first-order valence-corrected chi connectivity index (χ1v) is 6.54. The average molecular weight is 197 g/mol. The first kappa shape index (κ1) is 12.0. The molecular formula is C13H27N. The molecule has 0 spiro atoms. The first-order valence-electron chi connectivity index (χ1n) is 6.54. The molecule has 0 aromatic rings. The molecule has 1 fully saturated rings. The van der Waals surface area contributed by atoms with Gasteiger partial charge in [-0.05, 0) is 32.1 Å². The molecule has 1 aliphatic heterocycles. The number of nitrogens with one attached hydrogen (secondary N) is 1. The van der Waals surface area contributed by atoms with Gasteiger partial charge in [-0.3, -0.25) is 0 Å². The zero-order valence-electron chi connectivity index (χ0n) is 10.2. The van der Waals surface area contributed by atoms with Crippen LogP contribution in [0.15, 0.2) is 0 Å². The van der Waals surface area contributed by atoms with Crippen LogP contribution < -0.4 is 5.32 Å². The van der Waals surface area contributed by atoms with Crippen molar-refractivity contribution >= 4 is 0 Å². The summed E-state index contributed by atoms with van der Waals surface area (Å²) in [7, 11) is 0. The lowest BCUT2D eigenvalue weighted by Gasteiger charge is -2.24. The molecule has 1 nitrogen and oxygen atoms in total. The van der Waals surface area contributed by atoms with Crippen molar-refractivity contribution < 1.29 is 0 Å². The topological polar surface area (TPSA) is 12.0 Å². The van der Waals surface area contributed by atoms with Crippen LogP contribution in [0.4, 0.5) is 0 Å². The van der Waals surface area contributed by atoms with Crippen LogP contribution in [0, 0.1) is 5.92 Å². The number of unbranched alkanes of at least 4 members (excludes halogenated alkanes) is 1. The Labute approximate surface area is 89.7 Å². The molecule has 14 heavy (non-hydrogen) atoms. The van der Waals surface area contributed by atoms with E-state index in [0.29, 0.717) is 0 Å². The van der Waals surface area contributed by atoms with E-state index in [2.05, 4.69) is 26.1 Å². The fraction of sp³-hybridized carbons (Fsp3) is 1.00. The normalized spacial score (nSPS) is 34.1. The molecule has 1 N–H and O–H groups in total. The van der Waals surface area contributed by atoms with Crippen LogP contribution in [0.1, 0.15) is 65.7 Å². The minimum atomic E-state index is 0.740. The van der Waals surface area contributed by atoms with Gasteiger partial charge < -0.3 is 5.32 Å². The van der Waals surface area contributed by atoms with Gasteiger partial charge in [-0.2, -0.15) is 0 Å². The van der Waals surface area contributed by atoms with Crippen molar-refractivity contribution in [1.29, 1.82) is 0 Å². The van der Waals surface area contributed by atoms with E-state index >= 15 is 0 Å². The predicted octanol–water partition coefficient (Wildman–Crippen LogP) is 3.73.